The van der Waals surface area contributed by atoms with Crippen molar-refractivity contribution in [3.05, 3.63) is 28.8 Å². The second kappa shape index (κ2) is 6.17. The van der Waals surface area contributed by atoms with E-state index in [0.29, 0.717) is 29.7 Å². The van der Waals surface area contributed by atoms with Crippen LogP contribution in [0, 0.1) is 12.8 Å². The van der Waals surface area contributed by atoms with E-state index in [2.05, 4.69) is 39.9 Å². The van der Waals surface area contributed by atoms with Crippen LogP contribution in [0.5, 0.6) is 5.75 Å². The van der Waals surface area contributed by atoms with E-state index in [0.717, 1.165) is 12.0 Å². The minimum atomic E-state index is 0.301. The molecule has 112 valence electrons. The van der Waals surface area contributed by atoms with E-state index in [9.17, 15) is 5.11 Å². The van der Waals surface area contributed by atoms with E-state index in [1.54, 1.807) is 0 Å². The highest BCUT2D eigenvalue weighted by Gasteiger charge is 2.33. The van der Waals surface area contributed by atoms with Crippen molar-refractivity contribution < 1.29 is 5.11 Å². The molecule has 20 heavy (non-hydrogen) atoms. The van der Waals surface area contributed by atoms with Crippen molar-refractivity contribution in [2.45, 2.75) is 71.9 Å². The number of aromatic hydroxyl groups is 1. The Morgan fingerprint density at radius 1 is 1.25 bits per heavy atom. The fourth-order valence-electron chi connectivity index (χ4n) is 3.94. The third-order valence-electron chi connectivity index (χ3n) is 5.13. The van der Waals surface area contributed by atoms with E-state index in [4.69, 9.17) is 0 Å². The highest BCUT2D eigenvalue weighted by molar-refractivity contribution is 5.50. The topological polar surface area (TPSA) is 32.3 Å². The molecule has 0 spiro atoms. The zero-order valence-electron chi connectivity index (χ0n) is 13.5. The smallest absolute Gasteiger partial charge is 0.120 e. The van der Waals surface area contributed by atoms with E-state index in [-0.39, 0.29) is 0 Å². The Labute approximate surface area is 123 Å². The molecule has 3 atom stereocenters. The molecule has 0 aromatic heterocycles. The standard InChI is InChI=1S/C18H29NO/c1-6-14(7-2)13(5)19-15-10-12(4)17-11(3)8-9-16(20)18(15)17/h8-9,12-15,19-20H,6-7,10H2,1-5H3. The molecule has 0 aliphatic heterocycles. The third kappa shape index (κ3) is 2.71. The predicted molar refractivity (Wildman–Crippen MR) is 85.3 cm³/mol. The van der Waals surface area contributed by atoms with E-state index < -0.39 is 0 Å². The second-order valence-corrected chi connectivity index (χ2v) is 6.45. The highest BCUT2D eigenvalue weighted by atomic mass is 16.3. The molecule has 0 heterocycles. The summed E-state index contributed by atoms with van der Waals surface area (Å²) in [4.78, 5) is 0. The molecular weight excluding hydrogens is 246 g/mol. The lowest BCUT2D eigenvalue weighted by Crippen LogP contribution is -2.35. The molecule has 0 saturated carbocycles. The SMILES string of the molecule is CCC(CC)C(C)NC1CC(C)c2c(C)ccc(O)c21. The van der Waals surface area contributed by atoms with Gasteiger partial charge >= 0.3 is 0 Å². The van der Waals surface area contributed by atoms with Crippen LogP contribution in [0.15, 0.2) is 12.1 Å². The molecule has 0 saturated heterocycles. The van der Waals surface area contributed by atoms with Crippen molar-refractivity contribution in [2.75, 3.05) is 0 Å². The van der Waals surface area contributed by atoms with Crippen LogP contribution in [-0.4, -0.2) is 11.1 Å². The maximum Gasteiger partial charge on any atom is 0.120 e. The highest BCUT2D eigenvalue weighted by Crippen LogP contribution is 2.46. The van der Waals surface area contributed by atoms with Crippen LogP contribution in [0.25, 0.3) is 0 Å². The molecule has 0 radical (unpaired) electrons. The van der Waals surface area contributed by atoms with Gasteiger partial charge in [0.15, 0.2) is 0 Å². The van der Waals surface area contributed by atoms with E-state index >= 15 is 0 Å². The van der Waals surface area contributed by atoms with Crippen molar-refractivity contribution in [3.63, 3.8) is 0 Å². The van der Waals surface area contributed by atoms with Gasteiger partial charge < -0.3 is 10.4 Å². The van der Waals surface area contributed by atoms with Gasteiger partial charge in [0.05, 0.1) is 0 Å². The normalized spacial score (nSPS) is 23.1. The molecule has 0 amide bonds. The first-order valence-corrected chi connectivity index (χ1v) is 8.07. The summed E-state index contributed by atoms with van der Waals surface area (Å²) in [5.41, 5.74) is 3.82. The van der Waals surface area contributed by atoms with Crippen molar-refractivity contribution in [1.29, 1.82) is 0 Å². The number of rotatable bonds is 5. The number of hydrogen-bond acceptors (Lipinski definition) is 2. The lowest BCUT2D eigenvalue weighted by Gasteiger charge is -2.27. The Morgan fingerprint density at radius 2 is 1.90 bits per heavy atom. The van der Waals surface area contributed by atoms with Crippen LogP contribution >= 0.6 is 0 Å². The molecule has 2 rings (SSSR count). The van der Waals surface area contributed by atoms with Crippen LogP contribution in [-0.2, 0) is 0 Å². The number of phenols is 1. The Bertz CT molecular complexity index is 465. The van der Waals surface area contributed by atoms with Crippen molar-refractivity contribution >= 4 is 0 Å². The molecular formula is C18H29NO. The van der Waals surface area contributed by atoms with Crippen molar-refractivity contribution in [1.82, 2.24) is 5.32 Å². The second-order valence-electron chi connectivity index (χ2n) is 6.45. The summed E-state index contributed by atoms with van der Waals surface area (Å²) < 4.78 is 0. The van der Waals surface area contributed by atoms with Gasteiger partial charge in [0.1, 0.15) is 5.75 Å². The first kappa shape index (κ1) is 15.4. The zero-order valence-corrected chi connectivity index (χ0v) is 13.5. The van der Waals surface area contributed by atoms with Gasteiger partial charge in [-0.1, -0.05) is 39.7 Å². The number of nitrogens with one attached hydrogen (secondary N) is 1. The Hall–Kier alpha value is -1.02. The van der Waals surface area contributed by atoms with Crippen LogP contribution in [0.3, 0.4) is 0 Å². The summed E-state index contributed by atoms with van der Waals surface area (Å²) >= 11 is 0. The summed E-state index contributed by atoms with van der Waals surface area (Å²) in [6.07, 6.45) is 3.51. The van der Waals surface area contributed by atoms with Gasteiger partial charge in [-0.15, -0.1) is 0 Å². The first-order chi connectivity index (χ1) is 9.49. The van der Waals surface area contributed by atoms with Gasteiger partial charge in [0.2, 0.25) is 0 Å². The van der Waals surface area contributed by atoms with Gasteiger partial charge in [-0.25, -0.2) is 0 Å². The zero-order chi connectivity index (χ0) is 14.9. The molecule has 1 aromatic carbocycles. The van der Waals surface area contributed by atoms with Crippen LogP contribution in [0.2, 0.25) is 0 Å². The van der Waals surface area contributed by atoms with Crippen molar-refractivity contribution in [3.8, 4) is 5.75 Å². The Morgan fingerprint density at radius 3 is 2.50 bits per heavy atom. The van der Waals surface area contributed by atoms with Gasteiger partial charge in [-0.3, -0.25) is 0 Å². The van der Waals surface area contributed by atoms with Crippen LogP contribution < -0.4 is 5.32 Å². The van der Waals surface area contributed by atoms with E-state index in [1.807, 2.05) is 12.1 Å². The summed E-state index contributed by atoms with van der Waals surface area (Å²) in [6, 6.07) is 4.68. The lowest BCUT2D eigenvalue weighted by atomic mass is 9.94. The van der Waals surface area contributed by atoms with Gasteiger partial charge in [-0.2, -0.15) is 0 Å². The average Bonchev–Trinajstić information content (AvgIpc) is 2.73. The fourth-order valence-corrected chi connectivity index (χ4v) is 3.94. The predicted octanol–water partition coefficient (Wildman–Crippen LogP) is 4.66. The summed E-state index contributed by atoms with van der Waals surface area (Å²) in [7, 11) is 0. The molecule has 1 aromatic rings. The number of fused-ring (bicyclic) bond motifs is 1. The lowest BCUT2D eigenvalue weighted by molar-refractivity contribution is 0.315. The summed E-state index contributed by atoms with van der Waals surface area (Å²) in [5.74, 6) is 1.70. The molecule has 2 N–H and O–H groups in total. The largest absolute Gasteiger partial charge is 0.508 e. The molecule has 1 aliphatic carbocycles. The maximum atomic E-state index is 10.3. The number of benzene rings is 1. The monoisotopic (exact) mass is 275 g/mol. The van der Waals surface area contributed by atoms with Crippen molar-refractivity contribution in [2.24, 2.45) is 5.92 Å². The summed E-state index contributed by atoms with van der Waals surface area (Å²) in [6.45, 7) is 11.2. The maximum absolute atomic E-state index is 10.3. The molecule has 1 aliphatic rings. The van der Waals surface area contributed by atoms with Crippen LogP contribution in [0.4, 0.5) is 0 Å². The minimum absolute atomic E-state index is 0.301. The van der Waals surface area contributed by atoms with Gasteiger partial charge in [-0.05, 0) is 49.3 Å². The quantitative estimate of drug-likeness (QED) is 0.819. The molecule has 0 bridgehead atoms. The third-order valence-corrected chi connectivity index (χ3v) is 5.13. The molecule has 3 unspecified atom stereocenters. The fraction of sp³-hybridized carbons (Fsp3) is 0.667. The van der Waals surface area contributed by atoms with Gasteiger partial charge in [0.25, 0.3) is 0 Å². The summed E-state index contributed by atoms with van der Waals surface area (Å²) in [5, 5.41) is 14.0. The van der Waals surface area contributed by atoms with Crippen LogP contribution in [0.1, 0.15) is 75.6 Å². The number of phenolic OH excluding ortho intramolecular Hbond substituents is 1. The average molecular weight is 275 g/mol. The molecule has 0 fully saturated rings. The van der Waals surface area contributed by atoms with Gasteiger partial charge in [0, 0.05) is 17.6 Å². The Kier molecular flexibility index (Phi) is 4.74. The minimum Gasteiger partial charge on any atom is -0.508 e. The number of aryl methyl sites for hydroxylation is 1. The van der Waals surface area contributed by atoms with E-state index in [1.165, 1.54) is 24.0 Å². The number of hydrogen-bond donors (Lipinski definition) is 2. The molecule has 2 nitrogen and oxygen atoms in total. The Balaban J connectivity index is 2.24. The first-order valence-electron chi connectivity index (χ1n) is 8.07. The molecule has 2 heteroatoms.